The van der Waals surface area contributed by atoms with Crippen molar-refractivity contribution in [3.05, 3.63) is 41.7 Å². The van der Waals surface area contributed by atoms with Gasteiger partial charge in [0.05, 0.1) is 38.6 Å². The van der Waals surface area contributed by atoms with Crippen LogP contribution < -0.4 is 0 Å². The molecule has 38 heavy (non-hydrogen) atoms. The first-order valence-electron chi connectivity index (χ1n) is 12.0. The van der Waals surface area contributed by atoms with E-state index in [1.807, 2.05) is 0 Å². The average Bonchev–Trinajstić information content (AvgIpc) is 2.91. The molecule has 2 aliphatic heterocycles. The molecule has 210 valence electrons. The fourth-order valence-corrected chi connectivity index (χ4v) is 4.34. The lowest BCUT2D eigenvalue weighted by Gasteiger charge is -2.43. The van der Waals surface area contributed by atoms with Gasteiger partial charge in [-0.25, -0.2) is 4.79 Å². The number of hydrogen-bond donors (Lipinski definition) is 5. The fraction of sp³-hybridized carbons (Fsp3) is 0.560. The largest absolute Gasteiger partial charge is 0.508 e. The lowest BCUT2D eigenvalue weighted by atomic mass is 9.80. The number of carbonyl (C=O) groups excluding carboxylic acids is 3. The second-order valence-corrected chi connectivity index (χ2v) is 8.92. The van der Waals surface area contributed by atoms with E-state index in [0.717, 1.165) is 18.9 Å². The first-order chi connectivity index (χ1) is 18.2. The molecule has 1 fully saturated rings. The molecule has 0 saturated carbocycles. The Balaban J connectivity index is 1.73. The van der Waals surface area contributed by atoms with E-state index in [0.29, 0.717) is 12.7 Å². The number of aromatic hydroxyl groups is 1. The molecule has 13 heteroatoms. The number of aliphatic hydroxyl groups excluding tert-OH is 4. The molecule has 0 spiro atoms. The molecule has 0 radical (unpaired) electrons. The second-order valence-electron chi connectivity index (χ2n) is 8.92. The number of phenolic OH excluding ortho intramolecular Hbond substituents is 1. The molecule has 0 unspecified atom stereocenters. The van der Waals surface area contributed by atoms with E-state index in [2.05, 4.69) is 0 Å². The average molecular weight is 541 g/mol. The van der Waals surface area contributed by atoms with Crippen LogP contribution in [0.2, 0.25) is 0 Å². The zero-order valence-electron chi connectivity index (χ0n) is 20.6. The highest BCUT2D eigenvalue weighted by atomic mass is 16.8. The van der Waals surface area contributed by atoms with Crippen LogP contribution in [-0.2, 0) is 44.5 Å². The van der Waals surface area contributed by atoms with Crippen LogP contribution in [0.5, 0.6) is 5.75 Å². The summed E-state index contributed by atoms with van der Waals surface area (Å²) in [6.45, 7) is -0.660. The van der Waals surface area contributed by atoms with E-state index in [4.69, 9.17) is 23.7 Å². The van der Waals surface area contributed by atoms with Gasteiger partial charge >= 0.3 is 11.9 Å². The Bertz CT molecular complexity index is 976. The van der Waals surface area contributed by atoms with Crippen molar-refractivity contribution in [2.24, 2.45) is 11.8 Å². The number of ether oxygens (including phenoxy) is 5. The third-order valence-electron chi connectivity index (χ3n) is 6.48. The standard InChI is InChI=1S/C25H32O13/c1-34-23(33)17-12-36-24(38-25-22(32)21(31)20(30)18(11-27)37-25)15(6-8-26)16(17)10-19(29)35-9-7-13-2-4-14(28)5-3-13/h2-5,8,12,15-16,18,20-22,24-25,27-28,30-32H,6-7,9-11H2,1H3/t15-,16-,18+,20+,21-,22+,24-,25-/m0/s1. The molecule has 2 aliphatic rings. The SMILES string of the molecule is COC(=O)C1=CO[C@@H](O[C@@H]2O[C@H](CO)[C@@H](O)[C@H](O)[C@H]2O)[C@@H](CC=O)[C@@H]1CC(=O)OCCc1ccc(O)cc1. The van der Waals surface area contributed by atoms with Gasteiger partial charge in [0.2, 0.25) is 6.29 Å². The number of methoxy groups -OCH3 is 1. The van der Waals surface area contributed by atoms with Crippen molar-refractivity contribution in [1.29, 1.82) is 0 Å². The Hall–Kier alpha value is -3.07. The molecule has 13 nitrogen and oxygen atoms in total. The Kier molecular flexibility index (Phi) is 10.6. The topological polar surface area (TPSA) is 199 Å². The molecule has 1 aromatic carbocycles. The van der Waals surface area contributed by atoms with Gasteiger partial charge in [0, 0.05) is 24.7 Å². The van der Waals surface area contributed by atoms with E-state index in [9.17, 15) is 39.9 Å². The highest BCUT2D eigenvalue weighted by Crippen LogP contribution is 2.38. The van der Waals surface area contributed by atoms with Crippen molar-refractivity contribution in [1.82, 2.24) is 0 Å². The monoisotopic (exact) mass is 540 g/mol. The maximum absolute atomic E-state index is 12.7. The van der Waals surface area contributed by atoms with Crippen LogP contribution in [0.4, 0.5) is 0 Å². The molecular weight excluding hydrogens is 508 g/mol. The van der Waals surface area contributed by atoms with Gasteiger partial charge in [-0.1, -0.05) is 12.1 Å². The lowest BCUT2D eigenvalue weighted by molar-refractivity contribution is -0.341. The van der Waals surface area contributed by atoms with Crippen LogP contribution >= 0.6 is 0 Å². The zero-order valence-corrected chi connectivity index (χ0v) is 20.6. The predicted molar refractivity (Wildman–Crippen MR) is 125 cm³/mol. The quantitative estimate of drug-likeness (QED) is 0.168. The summed E-state index contributed by atoms with van der Waals surface area (Å²) in [6, 6.07) is 6.38. The van der Waals surface area contributed by atoms with Crippen LogP contribution in [0.25, 0.3) is 0 Å². The summed E-state index contributed by atoms with van der Waals surface area (Å²) in [5.74, 6) is -3.25. The normalized spacial score (nSPS) is 31.0. The smallest absolute Gasteiger partial charge is 0.337 e. The summed E-state index contributed by atoms with van der Waals surface area (Å²) in [6.07, 6.45) is -7.83. The Morgan fingerprint density at radius 3 is 2.39 bits per heavy atom. The van der Waals surface area contributed by atoms with Crippen molar-refractivity contribution in [2.75, 3.05) is 20.3 Å². The molecule has 1 aromatic rings. The van der Waals surface area contributed by atoms with Crippen LogP contribution in [0.15, 0.2) is 36.1 Å². The molecule has 5 N–H and O–H groups in total. The number of phenols is 1. The second kappa shape index (κ2) is 13.6. The Morgan fingerprint density at radius 1 is 1.05 bits per heavy atom. The van der Waals surface area contributed by atoms with E-state index >= 15 is 0 Å². The summed E-state index contributed by atoms with van der Waals surface area (Å²) in [5.41, 5.74) is 0.784. The van der Waals surface area contributed by atoms with Crippen LogP contribution in [0, 0.1) is 11.8 Å². The Morgan fingerprint density at radius 2 is 1.76 bits per heavy atom. The maximum Gasteiger partial charge on any atom is 0.337 e. The molecule has 3 rings (SSSR count). The van der Waals surface area contributed by atoms with Crippen LogP contribution in [0.3, 0.4) is 0 Å². The van der Waals surface area contributed by atoms with Crippen molar-refractivity contribution in [2.45, 2.75) is 56.3 Å². The highest BCUT2D eigenvalue weighted by Gasteiger charge is 2.48. The summed E-state index contributed by atoms with van der Waals surface area (Å²) in [7, 11) is 1.14. The minimum absolute atomic E-state index is 0.0211. The molecule has 0 aromatic heterocycles. The van der Waals surface area contributed by atoms with Gasteiger partial charge in [-0.05, 0) is 17.7 Å². The molecule has 1 saturated heterocycles. The van der Waals surface area contributed by atoms with E-state index in [1.165, 1.54) is 12.1 Å². The van der Waals surface area contributed by atoms with Crippen molar-refractivity contribution >= 4 is 18.2 Å². The Labute approximate surface area is 218 Å². The van der Waals surface area contributed by atoms with Gasteiger partial charge < -0.3 is 54.0 Å². The number of hydrogen-bond acceptors (Lipinski definition) is 13. The zero-order chi connectivity index (χ0) is 27.8. The third-order valence-corrected chi connectivity index (χ3v) is 6.48. The summed E-state index contributed by atoms with van der Waals surface area (Å²) in [4.78, 5) is 36.7. The van der Waals surface area contributed by atoms with Crippen molar-refractivity contribution < 1.29 is 63.6 Å². The molecule has 2 heterocycles. The van der Waals surface area contributed by atoms with Crippen LogP contribution in [-0.4, -0.2) is 101 Å². The minimum Gasteiger partial charge on any atom is -0.508 e. The first kappa shape index (κ1) is 29.5. The summed E-state index contributed by atoms with van der Waals surface area (Å²) in [5, 5.41) is 49.1. The van der Waals surface area contributed by atoms with Gasteiger partial charge in [-0.2, -0.15) is 0 Å². The van der Waals surface area contributed by atoms with Gasteiger partial charge in [0.15, 0.2) is 6.29 Å². The summed E-state index contributed by atoms with van der Waals surface area (Å²) < 4.78 is 26.6. The molecule has 8 atom stereocenters. The van der Waals surface area contributed by atoms with Gasteiger partial charge in [0.1, 0.15) is 36.5 Å². The number of aliphatic hydroxyl groups is 4. The van der Waals surface area contributed by atoms with E-state index in [1.54, 1.807) is 12.1 Å². The number of rotatable bonds is 11. The minimum atomic E-state index is -1.73. The number of benzene rings is 1. The van der Waals surface area contributed by atoms with Gasteiger partial charge in [0.25, 0.3) is 0 Å². The van der Waals surface area contributed by atoms with Crippen LogP contribution in [0.1, 0.15) is 18.4 Å². The highest BCUT2D eigenvalue weighted by molar-refractivity contribution is 5.90. The number of carbonyl (C=O) groups is 3. The van der Waals surface area contributed by atoms with E-state index < -0.39 is 67.4 Å². The third kappa shape index (κ3) is 7.07. The first-order valence-corrected chi connectivity index (χ1v) is 12.0. The molecule has 0 bridgehead atoms. The molecule has 0 aliphatic carbocycles. The lowest BCUT2D eigenvalue weighted by Crippen LogP contribution is -2.60. The van der Waals surface area contributed by atoms with Gasteiger partial charge in [-0.15, -0.1) is 0 Å². The molecular formula is C25H32O13. The number of aldehydes is 1. The van der Waals surface area contributed by atoms with Crippen molar-refractivity contribution in [3.8, 4) is 5.75 Å². The number of esters is 2. The predicted octanol–water partition coefficient (Wildman–Crippen LogP) is -1.08. The summed E-state index contributed by atoms with van der Waals surface area (Å²) >= 11 is 0. The molecule has 0 amide bonds. The van der Waals surface area contributed by atoms with Gasteiger partial charge in [-0.3, -0.25) is 4.79 Å². The van der Waals surface area contributed by atoms with Crippen molar-refractivity contribution in [3.63, 3.8) is 0 Å². The van der Waals surface area contributed by atoms with E-state index in [-0.39, 0.29) is 30.8 Å². The maximum atomic E-state index is 12.7. The fourth-order valence-electron chi connectivity index (χ4n) is 4.34.